The van der Waals surface area contributed by atoms with Gasteiger partial charge in [0.15, 0.2) is 0 Å². The minimum absolute atomic E-state index is 0.0730. The van der Waals surface area contributed by atoms with Gasteiger partial charge in [0.25, 0.3) is 0 Å². The quantitative estimate of drug-likeness (QED) is 0.749. The largest absolute Gasteiger partial charge is 0.489 e. The molecule has 0 fully saturated rings. The molecule has 1 unspecified atom stereocenters. The number of pyridine rings is 1. The van der Waals surface area contributed by atoms with E-state index in [1.165, 1.54) is 0 Å². The first kappa shape index (κ1) is 10.9. The zero-order chi connectivity index (χ0) is 10.6. The molecule has 0 spiro atoms. The maximum absolute atomic E-state index is 8.95. The Labute approximate surface area is 83.7 Å². The molecule has 1 rings (SSSR count). The SMILES string of the molecule is CC(C)Oc1cnccc1C(N)CO. The van der Waals surface area contributed by atoms with Crippen LogP contribution < -0.4 is 10.5 Å². The van der Waals surface area contributed by atoms with Gasteiger partial charge in [-0.15, -0.1) is 0 Å². The van der Waals surface area contributed by atoms with Gasteiger partial charge in [0.2, 0.25) is 0 Å². The van der Waals surface area contributed by atoms with Gasteiger partial charge in [-0.2, -0.15) is 0 Å². The van der Waals surface area contributed by atoms with E-state index in [0.29, 0.717) is 5.75 Å². The van der Waals surface area contributed by atoms with Crippen LogP contribution in [0.2, 0.25) is 0 Å². The summed E-state index contributed by atoms with van der Waals surface area (Å²) in [6.07, 6.45) is 3.33. The fourth-order valence-corrected chi connectivity index (χ4v) is 1.15. The maximum Gasteiger partial charge on any atom is 0.142 e. The Morgan fingerprint density at radius 3 is 2.86 bits per heavy atom. The molecule has 1 heterocycles. The van der Waals surface area contributed by atoms with Crippen molar-refractivity contribution in [3.63, 3.8) is 0 Å². The first-order valence-corrected chi connectivity index (χ1v) is 4.62. The monoisotopic (exact) mass is 196 g/mol. The van der Waals surface area contributed by atoms with E-state index in [1.54, 1.807) is 18.5 Å². The summed E-state index contributed by atoms with van der Waals surface area (Å²) in [5, 5.41) is 8.95. The first-order chi connectivity index (χ1) is 6.65. The molecule has 1 aromatic heterocycles. The van der Waals surface area contributed by atoms with E-state index in [0.717, 1.165) is 5.56 Å². The molecule has 1 atom stereocenters. The molecule has 0 aliphatic carbocycles. The second-order valence-corrected chi connectivity index (χ2v) is 3.37. The second kappa shape index (κ2) is 4.93. The lowest BCUT2D eigenvalue weighted by molar-refractivity contribution is 0.228. The third kappa shape index (κ3) is 2.68. The van der Waals surface area contributed by atoms with Gasteiger partial charge < -0.3 is 15.6 Å². The fraction of sp³-hybridized carbons (Fsp3) is 0.500. The third-order valence-corrected chi connectivity index (χ3v) is 1.78. The molecule has 1 aromatic rings. The minimum atomic E-state index is -0.410. The maximum atomic E-state index is 8.95. The Morgan fingerprint density at radius 1 is 1.57 bits per heavy atom. The highest BCUT2D eigenvalue weighted by atomic mass is 16.5. The van der Waals surface area contributed by atoms with E-state index < -0.39 is 6.04 Å². The second-order valence-electron chi connectivity index (χ2n) is 3.37. The molecule has 0 aliphatic rings. The van der Waals surface area contributed by atoms with Gasteiger partial charge in [0, 0.05) is 11.8 Å². The van der Waals surface area contributed by atoms with Gasteiger partial charge in [-0.05, 0) is 19.9 Å². The van der Waals surface area contributed by atoms with Crippen molar-refractivity contribution in [1.82, 2.24) is 4.98 Å². The summed E-state index contributed by atoms with van der Waals surface area (Å²) in [5.74, 6) is 0.643. The number of aromatic nitrogens is 1. The number of ether oxygens (including phenoxy) is 1. The smallest absolute Gasteiger partial charge is 0.142 e. The van der Waals surface area contributed by atoms with E-state index >= 15 is 0 Å². The molecule has 4 heteroatoms. The van der Waals surface area contributed by atoms with Gasteiger partial charge in [0.05, 0.1) is 24.9 Å². The summed E-state index contributed by atoms with van der Waals surface area (Å²) in [7, 11) is 0. The number of aliphatic hydroxyl groups is 1. The molecule has 4 nitrogen and oxygen atoms in total. The van der Waals surface area contributed by atoms with Crippen molar-refractivity contribution in [2.45, 2.75) is 26.0 Å². The number of nitrogens with zero attached hydrogens (tertiary/aromatic N) is 1. The predicted octanol–water partition coefficient (Wildman–Crippen LogP) is 0.861. The minimum Gasteiger partial charge on any atom is -0.489 e. The van der Waals surface area contributed by atoms with Crippen molar-refractivity contribution in [2.75, 3.05) is 6.61 Å². The highest BCUT2D eigenvalue weighted by Crippen LogP contribution is 2.22. The average molecular weight is 196 g/mol. The fourth-order valence-electron chi connectivity index (χ4n) is 1.15. The van der Waals surface area contributed by atoms with Crippen LogP contribution in [-0.2, 0) is 0 Å². The Balaban J connectivity index is 2.91. The van der Waals surface area contributed by atoms with E-state index in [2.05, 4.69) is 4.98 Å². The Kier molecular flexibility index (Phi) is 3.85. The van der Waals surface area contributed by atoms with E-state index in [-0.39, 0.29) is 12.7 Å². The van der Waals surface area contributed by atoms with Gasteiger partial charge >= 0.3 is 0 Å². The van der Waals surface area contributed by atoms with Crippen molar-refractivity contribution in [3.05, 3.63) is 24.0 Å². The molecule has 0 aromatic carbocycles. The topological polar surface area (TPSA) is 68.4 Å². The molecular weight excluding hydrogens is 180 g/mol. The van der Waals surface area contributed by atoms with Crippen LogP contribution in [0.4, 0.5) is 0 Å². The lowest BCUT2D eigenvalue weighted by atomic mass is 10.1. The number of hydrogen-bond donors (Lipinski definition) is 2. The van der Waals surface area contributed by atoms with Crippen molar-refractivity contribution in [1.29, 1.82) is 0 Å². The van der Waals surface area contributed by atoms with Crippen molar-refractivity contribution in [3.8, 4) is 5.75 Å². The van der Waals surface area contributed by atoms with Crippen LogP contribution in [0.1, 0.15) is 25.5 Å². The van der Waals surface area contributed by atoms with Gasteiger partial charge in [-0.1, -0.05) is 0 Å². The Hall–Kier alpha value is -1.13. The van der Waals surface area contributed by atoms with Crippen LogP contribution in [0.5, 0.6) is 5.75 Å². The number of nitrogens with two attached hydrogens (primary N) is 1. The van der Waals surface area contributed by atoms with Crippen molar-refractivity contribution < 1.29 is 9.84 Å². The highest BCUT2D eigenvalue weighted by Gasteiger charge is 2.11. The standard InChI is InChI=1S/C10H16N2O2/c1-7(2)14-10-5-12-4-3-8(10)9(11)6-13/h3-5,7,9,13H,6,11H2,1-2H3. The average Bonchev–Trinajstić information content (AvgIpc) is 2.16. The predicted molar refractivity (Wildman–Crippen MR) is 54.0 cm³/mol. The van der Waals surface area contributed by atoms with Gasteiger partial charge in [-0.3, -0.25) is 4.98 Å². The molecule has 0 amide bonds. The lowest BCUT2D eigenvalue weighted by Gasteiger charge is -2.16. The number of rotatable bonds is 4. The molecular formula is C10H16N2O2. The van der Waals surface area contributed by atoms with Crippen LogP contribution in [0.25, 0.3) is 0 Å². The van der Waals surface area contributed by atoms with E-state index in [9.17, 15) is 0 Å². The van der Waals surface area contributed by atoms with E-state index in [1.807, 2.05) is 13.8 Å². The summed E-state index contributed by atoms with van der Waals surface area (Å²) in [4.78, 5) is 3.95. The zero-order valence-corrected chi connectivity index (χ0v) is 8.47. The van der Waals surface area contributed by atoms with Gasteiger partial charge in [0.1, 0.15) is 5.75 Å². The summed E-state index contributed by atoms with van der Waals surface area (Å²) >= 11 is 0. The van der Waals surface area contributed by atoms with Crippen LogP contribution in [0.3, 0.4) is 0 Å². The summed E-state index contributed by atoms with van der Waals surface area (Å²) in [6.45, 7) is 3.76. The molecule has 14 heavy (non-hydrogen) atoms. The molecule has 78 valence electrons. The normalized spacial score (nSPS) is 12.9. The zero-order valence-electron chi connectivity index (χ0n) is 8.47. The Morgan fingerprint density at radius 2 is 2.29 bits per heavy atom. The van der Waals surface area contributed by atoms with Crippen LogP contribution >= 0.6 is 0 Å². The molecule has 0 bridgehead atoms. The third-order valence-electron chi connectivity index (χ3n) is 1.78. The van der Waals surface area contributed by atoms with E-state index in [4.69, 9.17) is 15.6 Å². The molecule has 0 saturated carbocycles. The number of aliphatic hydroxyl groups excluding tert-OH is 1. The summed E-state index contributed by atoms with van der Waals surface area (Å²) in [6, 6.07) is 1.35. The highest BCUT2D eigenvalue weighted by molar-refractivity contribution is 5.32. The molecule has 0 saturated heterocycles. The van der Waals surface area contributed by atoms with Crippen LogP contribution in [0, 0.1) is 0 Å². The Bertz CT molecular complexity index is 289. The summed E-state index contributed by atoms with van der Waals surface area (Å²) in [5.41, 5.74) is 6.50. The van der Waals surface area contributed by atoms with Crippen molar-refractivity contribution in [2.24, 2.45) is 5.73 Å². The van der Waals surface area contributed by atoms with Gasteiger partial charge in [-0.25, -0.2) is 0 Å². The molecule has 0 aliphatic heterocycles. The van der Waals surface area contributed by atoms with Crippen LogP contribution in [0.15, 0.2) is 18.5 Å². The summed E-state index contributed by atoms with van der Waals surface area (Å²) < 4.78 is 5.51. The lowest BCUT2D eigenvalue weighted by Crippen LogP contribution is -2.17. The molecule has 0 radical (unpaired) electrons. The van der Waals surface area contributed by atoms with Crippen molar-refractivity contribution >= 4 is 0 Å². The molecule has 3 N–H and O–H groups in total. The number of hydrogen-bond acceptors (Lipinski definition) is 4. The first-order valence-electron chi connectivity index (χ1n) is 4.62. The van der Waals surface area contributed by atoms with Crippen LogP contribution in [-0.4, -0.2) is 22.8 Å².